The fourth-order valence-electron chi connectivity index (χ4n) is 2.32. The van der Waals surface area contributed by atoms with Gasteiger partial charge in [-0.05, 0) is 24.3 Å². The number of hydrogen-bond acceptors (Lipinski definition) is 3. The van der Waals surface area contributed by atoms with Crippen LogP contribution in [-0.4, -0.2) is 18.3 Å². The van der Waals surface area contributed by atoms with Crippen LogP contribution < -0.4 is 4.90 Å². The number of para-hydroxylation sites is 2. The molecule has 0 saturated heterocycles. The van der Waals surface area contributed by atoms with E-state index in [4.69, 9.17) is 0 Å². The number of rotatable bonds is 3. The van der Waals surface area contributed by atoms with Crippen LogP contribution in [0, 0.1) is 5.82 Å². The second kappa shape index (κ2) is 5.32. The molecule has 0 aliphatic carbocycles. The lowest BCUT2D eigenvalue weighted by molar-refractivity contribution is 0.112. The summed E-state index contributed by atoms with van der Waals surface area (Å²) in [5, 5.41) is 0.880. The van der Waals surface area contributed by atoms with Gasteiger partial charge in [-0.25, -0.2) is 9.37 Å². The normalized spacial score (nSPS) is 10.6. The summed E-state index contributed by atoms with van der Waals surface area (Å²) in [6.45, 7) is 0. The van der Waals surface area contributed by atoms with E-state index in [1.165, 1.54) is 6.07 Å². The highest BCUT2D eigenvalue weighted by Gasteiger charge is 2.15. The van der Waals surface area contributed by atoms with E-state index in [-0.39, 0.29) is 5.82 Å². The first kappa shape index (κ1) is 13.2. The zero-order valence-corrected chi connectivity index (χ0v) is 11.5. The van der Waals surface area contributed by atoms with Gasteiger partial charge in [0.1, 0.15) is 11.6 Å². The van der Waals surface area contributed by atoms with Crippen LogP contribution in [0.4, 0.5) is 15.9 Å². The third kappa shape index (κ3) is 2.36. The maximum absolute atomic E-state index is 13.9. The van der Waals surface area contributed by atoms with Gasteiger partial charge < -0.3 is 4.90 Å². The molecule has 0 spiro atoms. The van der Waals surface area contributed by atoms with Crippen molar-refractivity contribution in [3.8, 4) is 0 Å². The van der Waals surface area contributed by atoms with E-state index in [9.17, 15) is 9.18 Å². The van der Waals surface area contributed by atoms with Crippen LogP contribution in [0.3, 0.4) is 0 Å². The number of aldehydes is 1. The molecule has 0 amide bonds. The first-order valence-electron chi connectivity index (χ1n) is 6.54. The zero-order valence-electron chi connectivity index (χ0n) is 11.5. The third-order valence-electron chi connectivity index (χ3n) is 3.39. The molecule has 1 aromatic heterocycles. The van der Waals surface area contributed by atoms with E-state index in [1.807, 2.05) is 24.3 Å². The molecule has 0 saturated carbocycles. The maximum Gasteiger partial charge on any atom is 0.153 e. The van der Waals surface area contributed by atoms with Crippen molar-refractivity contribution < 1.29 is 9.18 Å². The van der Waals surface area contributed by atoms with Crippen LogP contribution in [0.25, 0.3) is 10.9 Å². The summed E-state index contributed by atoms with van der Waals surface area (Å²) in [5.74, 6) is 0.0839. The maximum atomic E-state index is 13.9. The molecule has 3 nitrogen and oxygen atoms in total. The average Bonchev–Trinajstić information content (AvgIpc) is 2.53. The van der Waals surface area contributed by atoms with Crippen molar-refractivity contribution in [2.24, 2.45) is 0 Å². The number of carbonyl (C=O) groups excluding carboxylic acids is 1. The molecule has 0 bridgehead atoms. The van der Waals surface area contributed by atoms with Gasteiger partial charge in [-0.3, -0.25) is 4.79 Å². The summed E-state index contributed by atoms with van der Waals surface area (Å²) in [6, 6.07) is 15.7. The van der Waals surface area contributed by atoms with Crippen molar-refractivity contribution in [1.82, 2.24) is 4.98 Å². The Bertz CT molecular complexity index is 817. The van der Waals surface area contributed by atoms with Crippen molar-refractivity contribution >= 4 is 28.7 Å². The molecule has 4 heteroatoms. The van der Waals surface area contributed by atoms with Crippen LogP contribution in [0.2, 0.25) is 0 Å². The topological polar surface area (TPSA) is 33.2 Å². The average molecular weight is 280 g/mol. The smallest absolute Gasteiger partial charge is 0.153 e. The summed E-state index contributed by atoms with van der Waals surface area (Å²) in [4.78, 5) is 17.4. The Morgan fingerprint density at radius 2 is 1.81 bits per heavy atom. The van der Waals surface area contributed by atoms with Gasteiger partial charge in [0, 0.05) is 12.4 Å². The fourth-order valence-corrected chi connectivity index (χ4v) is 2.32. The summed E-state index contributed by atoms with van der Waals surface area (Å²) in [7, 11) is 1.70. The highest BCUT2D eigenvalue weighted by atomic mass is 19.1. The molecule has 1 heterocycles. The van der Waals surface area contributed by atoms with Crippen molar-refractivity contribution in [3.63, 3.8) is 0 Å². The van der Waals surface area contributed by atoms with Gasteiger partial charge in [-0.2, -0.15) is 0 Å². The van der Waals surface area contributed by atoms with Crippen molar-refractivity contribution in [2.45, 2.75) is 0 Å². The molecule has 0 N–H and O–H groups in total. The Morgan fingerprint density at radius 1 is 1.10 bits per heavy atom. The lowest BCUT2D eigenvalue weighted by atomic mass is 10.1. The predicted molar refractivity (Wildman–Crippen MR) is 81.6 cm³/mol. The molecule has 0 atom stereocenters. The number of halogens is 1. The molecule has 0 radical (unpaired) electrons. The number of aromatic nitrogens is 1. The molecule has 2 aromatic carbocycles. The number of carbonyl (C=O) groups is 1. The lowest BCUT2D eigenvalue weighted by Gasteiger charge is -2.20. The Morgan fingerprint density at radius 3 is 2.57 bits per heavy atom. The largest absolute Gasteiger partial charge is 0.326 e. The third-order valence-corrected chi connectivity index (χ3v) is 3.39. The lowest BCUT2D eigenvalue weighted by Crippen LogP contribution is -2.15. The van der Waals surface area contributed by atoms with E-state index >= 15 is 0 Å². The van der Waals surface area contributed by atoms with Gasteiger partial charge in [-0.15, -0.1) is 0 Å². The van der Waals surface area contributed by atoms with Crippen molar-refractivity contribution in [1.29, 1.82) is 0 Å². The van der Waals surface area contributed by atoms with Gasteiger partial charge in [-0.1, -0.05) is 30.3 Å². The molecule has 3 rings (SSSR count). The molecule has 0 unspecified atom stereocenters. The first-order chi connectivity index (χ1) is 10.2. The Hall–Kier alpha value is -2.75. The fraction of sp³-hybridized carbons (Fsp3) is 0.0588. The molecule has 21 heavy (non-hydrogen) atoms. The highest BCUT2D eigenvalue weighted by molar-refractivity contribution is 5.92. The van der Waals surface area contributed by atoms with Crippen molar-refractivity contribution in [2.75, 3.05) is 11.9 Å². The minimum atomic E-state index is -0.355. The highest BCUT2D eigenvalue weighted by Crippen LogP contribution is 2.28. The molecule has 104 valence electrons. The van der Waals surface area contributed by atoms with Crippen molar-refractivity contribution in [3.05, 3.63) is 66.0 Å². The van der Waals surface area contributed by atoms with E-state index < -0.39 is 0 Å². The molecular weight excluding hydrogens is 267 g/mol. The molecule has 3 aromatic rings. The zero-order chi connectivity index (χ0) is 14.8. The quantitative estimate of drug-likeness (QED) is 0.681. The molecule has 0 aliphatic heterocycles. The second-order valence-electron chi connectivity index (χ2n) is 4.72. The Balaban J connectivity index is 2.19. The van der Waals surface area contributed by atoms with Gasteiger partial charge >= 0.3 is 0 Å². The molecule has 0 fully saturated rings. The number of benzene rings is 2. The number of nitrogens with zero attached hydrogens (tertiary/aromatic N) is 2. The minimum absolute atomic E-state index is 0.355. The Kier molecular flexibility index (Phi) is 3.36. The second-order valence-corrected chi connectivity index (χ2v) is 4.72. The van der Waals surface area contributed by atoms with E-state index in [1.54, 1.807) is 36.2 Å². The standard InChI is InChI=1S/C17H13FN2O/c1-20(16-9-5-3-7-14(16)18)17-13(11-21)10-12-6-2-4-8-15(12)19-17/h2-11H,1H3. The number of pyridine rings is 1. The van der Waals surface area contributed by atoms with Crippen LogP contribution in [0.5, 0.6) is 0 Å². The first-order valence-corrected chi connectivity index (χ1v) is 6.54. The summed E-state index contributed by atoms with van der Waals surface area (Å²) in [5.41, 5.74) is 1.57. The monoisotopic (exact) mass is 280 g/mol. The molecular formula is C17H13FN2O. The van der Waals surface area contributed by atoms with E-state index in [0.29, 0.717) is 17.1 Å². The van der Waals surface area contributed by atoms with Crippen LogP contribution in [0.15, 0.2) is 54.6 Å². The molecule has 0 aliphatic rings. The van der Waals surface area contributed by atoms with Gasteiger partial charge in [0.25, 0.3) is 0 Å². The predicted octanol–water partition coefficient (Wildman–Crippen LogP) is 3.95. The van der Waals surface area contributed by atoms with Gasteiger partial charge in [0.15, 0.2) is 6.29 Å². The SMILES string of the molecule is CN(c1ccccc1F)c1nc2ccccc2cc1C=O. The summed E-state index contributed by atoms with van der Waals surface area (Å²) < 4.78 is 13.9. The summed E-state index contributed by atoms with van der Waals surface area (Å²) in [6.07, 6.45) is 0.742. The van der Waals surface area contributed by atoms with Gasteiger partial charge in [0.05, 0.1) is 16.8 Å². The van der Waals surface area contributed by atoms with E-state index in [0.717, 1.165) is 17.2 Å². The van der Waals surface area contributed by atoms with Crippen LogP contribution in [0.1, 0.15) is 10.4 Å². The summed E-state index contributed by atoms with van der Waals surface area (Å²) >= 11 is 0. The number of hydrogen-bond donors (Lipinski definition) is 0. The van der Waals surface area contributed by atoms with E-state index in [2.05, 4.69) is 4.98 Å². The van der Waals surface area contributed by atoms with Crippen LogP contribution in [-0.2, 0) is 0 Å². The minimum Gasteiger partial charge on any atom is -0.326 e. The van der Waals surface area contributed by atoms with Crippen LogP contribution >= 0.6 is 0 Å². The Labute approximate surface area is 121 Å². The number of anilines is 2. The van der Waals surface area contributed by atoms with Gasteiger partial charge in [0.2, 0.25) is 0 Å². The number of fused-ring (bicyclic) bond motifs is 1.